The fourth-order valence-electron chi connectivity index (χ4n) is 6.72. The van der Waals surface area contributed by atoms with Gasteiger partial charge in [-0.2, -0.15) is 0 Å². The summed E-state index contributed by atoms with van der Waals surface area (Å²) in [5.41, 5.74) is 1.82. The number of esters is 1. The van der Waals surface area contributed by atoms with E-state index in [9.17, 15) is 4.79 Å². The standard InChI is InChI=1S/C21H28N2O2/c24-20-19-17(8-14-25-20)21(23-11-4-7-18(19)23)9-12-22(13-10-21)15-16-5-2-1-3-6-16/h1-3,5-6,17-19H,4,7-15H2/p+2/t17-,18+,19-/m0/s1. The van der Waals surface area contributed by atoms with E-state index < -0.39 is 0 Å². The van der Waals surface area contributed by atoms with E-state index in [-0.39, 0.29) is 11.9 Å². The lowest BCUT2D eigenvalue weighted by Crippen LogP contribution is -3.23. The van der Waals surface area contributed by atoms with Gasteiger partial charge in [-0.25, -0.2) is 0 Å². The highest BCUT2D eigenvalue weighted by molar-refractivity contribution is 5.75. The lowest BCUT2D eigenvalue weighted by Gasteiger charge is -2.44. The van der Waals surface area contributed by atoms with Gasteiger partial charge < -0.3 is 14.5 Å². The van der Waals surface area contributed by atoms with Gasteiger partial charge >= 0.3 is 5.97 Å². The number of carbonyl (C=O) groups is 1. The Morgan fingerprint density at radius 2 is 1.88 bits per heavy atom. The molecule has 0 amide bonds. The molecule has 4 aliphatic heterocycles. The van der Waals surface area contributed by atoms with Crippen LogP contribution in [0.2, 0.25) is 0 Å². The number of piperidine rings is 1. The van der Waals surface area contributed by atoms with Gasteiger partial charge in [0.1, 0.15) is 24.0 Å². The van der Waals surface area contributed by atoms with E-state index in [1.54, 1.807) is 9.80 Å². The second-order valence-corrected chi connectivity index (χ2v) is 8.68. The van der Waals surface area contributed by atoms with Crippen molar-refractivity contribution >= 4 is 5.97 Å². The number of cyclic esters (lactones) is 1. The predicted molar refractivity (Wildman–Crippen MR) is 94.2 cm³/mol. The van der Waals surface area contributed by atoms with Crippen molar-refractivity contribution in [3.05, 3.63) is 35.9 Å². The van der Waals surface area contributed by atoms with Crippen LogP contribution in [-0.4, -0.2) is 43.8 Å². The van der Waals surface area contributed by atoms with E-state index in [0.717, 1.165) is 13.0 Å². The van der Waals surface area contributed by atoms with E-state index in [1.165, 1.54) is 50.9 Å². The largest absolute Gasteiger partial charge is 0.465 e. The number of quaternary nitrogens is 2. The molecule has 1 aromatic carbocycles. The summed E-state index contributed by atoms with van der Waals surface area (Å²) in [6.07, 6.45) is 6.20. The van der Waals surface area contributed by atoms with Crippen LogP contribution in [0.25, 0.3) is 0 Å². The first-order chi connectivity index (χ1) is 12.3. The lowest BCUT2D eigenvalue weighted by atomic mass is 9.70. The number of carbonyl (C=O) groups excluding carboxylic acids is 1. The Labute approximate surface area is 150 Å². The smallest absolute Gasteiger partial charge is 0.315 e. The van der Waals surface area contributed by atoms with Crippen LogP contribution < -0.4 is 9.80 Å². The van der Waals surface area contributed by atoms with Crippen LogP contribution in [0.5, 0.6) is 0 Å². The number of rotatable bonds is 2. The van der Waals surface area contributed by atoms with Gasteiger partial charge in [0, 0.05) is 24.3 Å². The zero-order chi connectivity index (χ0) is 16.9. The fourth-order valence-corrected chi connectivity index (χ4v) is 6.72. The third kappa shape index (κ3) is 2.45. The summed E-state index contributed by atoms with van der Waals surface area (Å²) >= 11 is 0. The lowest BCUT2D eigenvalue weighted by molar-refractivity contribution is -0.983. The van der Waals surface area contributed by atoms with Crippen molar-refractivity contribution in [2.75, 3.05) is 26.2 Å². The molecule has 0 radical (unpaired) electrons. The van der Waals surface area contributed by atoms with Crippen molar-refractivity contribution in [3.63, 3.8) is 0 Å². The molecule has 4 heterocycles. The monoisotopic (exact) mass is 342 g/mol. The molecule has 4 nitrogen and oxygen atoms in total. The van der Waals surface area contributed by atoms with Crippen molar-refractivity contribution in [1.82, 2.24) is 0 Å². The van der Waals surface area contributed by atoms with Crippen LogP contribution in [0.1, 0.15) is 37.7 Å². The predicted octanol–water partition coefficient (Wildman–Crippen LogP) is -0.156. The summed E-state index contributed by atoms with van der Waals surface area (Å²) < 4.78 is 5.48. The summed E-state index contributed by atoms with van der Waals surface area (Å²) in [7, 11) is 0. The van der Waals surface area contributed by atoms with Gasteiger partial charge in [0.25, 0.3) is 0 Å². The van der Waals surface area contributed by atoms with Crippen LogP contribution >= 0.6 is 0 Å². The SMILES string of the molecule is O=C1OCC[C@H]2[C@H]1[C@H]1CCC[NH+]1C21CC[NH+](Cc2ccccc2)CC1. The first-order valence-corrected chi connectivity index (χ1v) is 10.2. The molecule has 1 spiro atoms. The molecule has 4 fully saturated rings. The van der Waals surface area contributed by atoms with Crippen LogP contribution in [0.15, 0.2) is 30.3 Å². The molecular weight excluding hydrogens is 312 g/mol. The average molecular weight is 342 g/mol. The second kappa shape index (κ2) is 6.10. The third-order valence-corrected chi connectivity index (χ3v) is 7.72. The van der Waals surface area contributed by atoms with Gasteiger partial charge in [-0.15, -0.1) is 0 Å². The summed E-state index contributed by atoms with van der Waals surface area (Å²) in [4.78, 5) is 16.0. The van der Waals surface area contributed by atoms with Crippen molar-refractivity contribution < 1.29 is 19.3 Å². The Hall–Kier alpha value is -1.39. The Balaban J connectivity index is 1.34. The van der Waals surface area contributed by atoms with Crippen LogP contribution in [0.3, 0.4) is 0 Å². The van der Waals surface area contributed by atoms with E-state index in [0.29, 0.717) is 24.1 Å². The fraction of sp³-hybridized carbons (Fsp3) is 0.667. The highest BCUT2D eigenvalue weighted by Gasteiger charge is 2.67. The van der Waals surface area contributed by atoms with E-state index >= 15 is 0 Å². The van der Waals surface area contributed by atoms with Gasteiger partial charge in [-0.05, 0) is 6.42 Å². The van der Waals surface area contributed by atoms with Gasteiger partial charge in [-0.1, -0.05) is 30.3 Å². The van der Waals surface area contributed by atoms with Gasteiger partial charge in [0.2, 0.25) is 0 Å². The molecule has 25 heavy (non-hydrogen) atoms. The number of likely N-dealkylation sites (tertiary alicyclic amines) is 1. The molecule has 4 saturated heterocycles. The number of fused-ring (bicyclic) bond motifs is 5. The molecule has 1 aromatic rings. The number of hydrogen-bond acceptors (Lipinski definition) is 2. The molecule has 0 aromatic heterocycles. The molecule has 0 saturated carbocycles. The summed E-state index contributed by atoms with van der Waals surface area (Å²) in [5.74, 6) is 0.894. The Bertz CT molecular complexity index is 639. The quantitative estimate of drug-likeness (QED) is 0.733. The van der Waals surface area contributed by atoms with Crippen LogP contribution in [-0.2, 0) is 16.1 Å². The van der Waals surface area contributed by atoms with E-state index in [2.05, 4.69) is 30.3 Å². The van der Waals surface area contributed by atoms with Gasteiger partial charge in [0.05, 0.1) is 39.1 Å². The Morgan fingerprint density at radius 1 is 1.08 bits per heavy atom. The second-order valence-electron chi connectivity index (χ2n) is 8.68. The van der Waals surface area contributed by atoms with Gasteiger partial charge in [0.15, 0.2) is 0 Å². The third-order valence-electron chi connectivity index (χ3n) is 7.72. The molecule has 5 rings (SSSR count). The topological polar surface area (TPSA) is 35.2 Å². The number of nitrogens with one attached hydrogen (secondary N) is 2. The molecular formula is C21H30N2O2+2. The van der Waals surface area contributed by atoms with Crippen LogP contribution in [0.4, 0.5) is 0 Å². The maximum absolute atomic E-state index is 12.5. The maximum Gasteiger partial charge on any atom is 0.315 e. The van der Waals surface area contributed by atoms with Gasteiger partial charge in [-0.3, -0.25) is 4.79 Å². The summed E-state index contributed by atoms with van der Waals surface area (Å²) in [5, 5.41) is 0. The zero-order valence-corrected chi connectivity index (χ0v) is 15.0. The molecule has 134 valence electrons. The Kier molecular flexibility index (Phi) is 3.86. The molecule has 0 aliphatic carbocycles. The molecule has 4 heteroatoms. The van der Waals surface area contributed by atoms with Crippen LogP contribution in [0, 0.1) is 11.8 Å². The molecule has 4 aliphatic rings. The summed E-state index contributed by atoms with van der Waals surface area (Å²) in [6, 6.07) is 11.4. The Morgan fingerprint density at radius 3 is 2.68 bits per heavy atom. The zero-order valence-electron chi connectivity index (χ0n) is 15.0. The van der Waals surface area contributed by atoms with Crippen molar-refractivity contribution in [3.8, 4) is 0 Å². The van der Waals surface area contributed by atoms with Crippen molar-refractivity contribution in [2.24, 2.45) is 11.8 Å². The molecule has 4 atom stereocenters. The highest BCUT2D eigenvalue weighted by atomic mass is 16.5. The van der Waals surface area contributed by atoms with E-state index in [1.807, 2.05) is 0 Å². The minimum atomic E-state index is 0.122. The van der Waals surface area contributed by atoms with Crippen molar-refractivity contribution in [1.29, 1.82) is 0 Å². The number of hydrogen-bond donors (Lipinski definition) is 2. The number of ether oxygens (including phenoxy) is 1. The molecule has 2 N–H and O–H groups in total. The maximum atomic E-state index is 12.5. The van der Waals surface area contributed by atoms with Crippen molar-refractivity contribution in [2.45, 2.75) is 50.2 Å². The normalized spacial score (nSPS) is 42.9. The summed E-state index contributed by atoms with van der Waals surface area (Å²) in [6.45, 7) is 5.58. The molecule has 0 bridgehead atoms. The number of benzene rings is 1. The minimum Gasteiger partial charge on any atom is -0.465 e. The first kappa shape index (κ1) is 15.8. The highest BCUT2D eigenvalue weighted by Crippen LogP contribution is 2.44. The first-order valence-electron chi connectivity index (χ1n) is 10.2. The average Bonchev–Trinajstić information content (AvgIpc) is 3.21. The van der Waals surface area contributed by atoms with E-state index in [4.69, 9.17) is 4.74 Å². The molecule has 1 unspecified atom stereocenters. The minimum absolute atomic E-state index is 0.122.